The van der Waals surface area contributed by atoms with Crippen LogP contribution in [0.15, 0.2) is 41.3 Å². The van der Waals surface area contributed by atoms with E-state index in [1.54, 1.807) is 13.0 Å². The number of benzene rings is 2. The largest absolute Gasteiger partial charge is 0.482 e. The molecule has 9 heteroatoms. The highest BCUT2D eigenvalue weighted by Crippen LogP contribution is 2.35. The number of anilines is 1. The average molecular weight is 470 g/mol. The van der Waals surface area contributed by atoms with Gasteiger partial charge in [0.25, 0.3) is 5.91 Å². The normalized spacial score (nSPS) is 20.9. The quantitative estimate of drug-likeness (QED) is 0.744. The number of amides is 2. The number of piperidine rings is 1. The number of aryl methyl sites for hydroxylation is 1. The summed E-state index contributed by atoms with van der Waals surface area (Å²) in [6.45, 7) is 3.34. The third-order valence-electron chi connectivity index (χ3n) is 6.70. The Morgan fingerprint density at radius 1 is 1.15 bits per heavy atom. The summed E-state index contributed by atoms with van der Waals surface area (Å²) in [5.74, 6) is -0.254. The summed E-state index contributed by atoms with van der Waals surface area (Å²) in [7, 11) is -3.82. The molecule has 2 aromatic rings. The molecule has 3 heterocycles. The molecule has 1 unspecified atom stereocenters. The van der Waals surface area contributed by atoms with Crippen molar-refractivity contribution in [3.63, 3.8) is 0 Å². The molecule has 1 saturated heterocycles. The van der Waals surface area contributed by atoms with Crippen LogP contribution in [0.2, 0.25) is 0 Å². The number of sulfonamides is 1. The minimum absolute atomic E-state index is 0.0256. The maximum Gasteiger partial charge on any atom is 0.262 e. The highest BCUT2D eigenvalue weighted by molar-refractivity contribution is 7.89. The molecule has 0 aromatic heterocycles. The molecule has 0 bridgehead atoms. The van der Waals surface area contributed by atoms with Gasteiger partial charge < -0.3 is 15.0 Å². The fourth-order valence-electron chi connectivity index (χ4n) is 4.94. The summed E-state index contributed by atoms with van der Waals surface area (Å²) in [6.07, 6.45) is 2.14. The summed E-state index contributed by atoms with van der Waals surface area (Å²) in [5, 5.41) is 2.70. The van der Waals surface area contributed by atoms with Crippen molar-refractivity contribution in [2.24, 2.45) is 5.92 Å². The molecule has 174 valence electrons. The summed E-state index contributed by atoms with van der Waals surface area (Å²) in [5.41, 5.74) is 3.44. The molecule has 0 radical (unpaired) electrons. The minimum atomic E-state index is -3.82. The van der Waals surface area contributed by atoms with Gasteiger partial charge in [-0.2, -0.15) is 4.31 Å². The Balaban J connectivity index is 1.34. The zero-order chi connectivity index (χ0) is 23.2. The summed E-state index contributed by atoms with van der Waals surface area (Å²) < 4.78 is 33.9. The molecule has 5 rings (SSSR count). The summed E-state index contributed by atoms with van der Waals surface area (Å²) in [6, 6.07) is 11.3. The van der Waals surface area contributed by atoms with Gasteiger partial charge in [0, 0.05) is 32.2 Å². The first-order valence-corrected chi connectivity index (χ1v) is 12.7. The molecular formula is C24H27N3O5S. The van der Waals surface area contributed by atoms with E-state index in [1.165, 1.54) is 15.9 Å². The van der Waals surface area contributed by atoms with Gasteiger partial charge in [-0.1, -0.05) is 24.3 Å². The van der Waals surface area contributed by atoms with E-state index in [9.17, 15) is 18.0 Å². The lowest BCUT2D eigenvalue weighted by molar-refractivity contribution is -0.137. The number of hydrogen-bond donors (Lipinski definition) is 1. The number of rotatable bonds is 3. The molecule has 1 N–H and O–H groups in total. The third kappa shape index (κ3) is 4.11. The van der Waals surface area contributed by atoms with Gasteiger partial charge in [-0.25, -0.2) is 8.42 Å². The fourth-order valence-corrected chi connectivity index (χ4v) is 6.68. The van der Waals surface area contributed by atoms with E-state index in [4.69, 9.17) is 4.74 Å². The van der Waals surface area contributed by atoms with Crippen molar-refractivity contribution in [3.8, 4) is 5.75 Å². The fraction of sp³-hybridized carbons (Fsp3) is 0.417. The topological polar surface area (TPSA) is 96.0 Å². The van der Waals surface area contributed by atoms with Gasteiger partial charge in [-0.05, 0) is 48.9 Å². The number of nitrogens with zero attached hydrogens (tertiary/aromatic N) is 2. The number of fused-ring (bicyclic) bond motifs is 2. The van der Waals surface area contributed by atoms with Crippen LogP contribution in [0.3, 0.4) is 0 Å². The first-order valence-electron chi connectivity index (χ1n) is 11.3. The van der Waals surface area contributed by atoms with E-state index >= 15 is 0 Å². The van der Waals surface area contributed by atoms with Gasteiger partial charge in [0.1, 0.15) is 5.75 Å². The molecule has 2 amide bonds. The number of hydrogen-bond acceptors (Lipinski definition) is 5. The van der Waals surface area contributed by atoms with Gasteiger partial charge in [0.15, 0.2) is 6.61 Å². The first kappa shape index (κ1) is 21.9. The van der Waals surface area contributed by atoms with Crippen LogP contribution in [0.25, 0.3) is 0 Å². The standard InChI is InChI=1S/C24H27N3O5S/c1-16-11-20-21(32-15-23(28)25-20)12-22(16)33(30,31)27-9-4-7-19(14-27)24(29)26-10-8-17-5-2-3-6-18(17)13-26/h2-3,5-6,11-12,19H,4,7-10,13-15H2,1H3,(H,25,28). The predicted octanol–water partition coefficient (Wildman–Crippen LogP) is 2.31. The van der Waals surface area contributed by atoms with Crippen LogP contribution in [0.4, 0.5) is 5.69 Å². The number of carbonyl (C=O) groups excluding carboxylic acids is 2. The summed E-state index contributed by atoms with van der Waals surface area (Å²) >= 11 is 0. The van der Waals surface area contributed by atoms with E-state index in [0.29, 0.717) is 49.5 Å². The van der Waals surface area contributed by atoms with Gasteiger partial charge in [0.05, 0.1) is 16.5 Å². The van der Waals surface area contributed by atoms with Gasteiger partial charge >= 0.3 is 0 Å². The zero-order valence-electron chi connectivity index (χ0n) is 18.5. The van der Waals surface area contributed by atoms with Crippen LogP contribution in [0.5, 0.6) is 5.75 Å². The van der Waals surface area contributed by atoms with Crippen LogP contribution in [0, 0.1) is 12.8 Å². The van der Waals surface area contributed by atoms with Gasteiger partial charge in [-0.3, -0.25) is 9.59 Å². The van der Waals surface area contributed by atoms with Crippen molar-refractivity contribution in [3.05, 3.63) is 53.1 Å². The van der Waals surface area contributed by atoms with Crippen molar-refractivity contribution in [2.45, 2.75) is 37.6 Å². The Labute approximate surface area is 193 Å². The molecule has 1 fully saturated rings. The average Bonchev–Trinajstić information content (AvgIpc) is 2.82. The predicted molar refractivity (Wildman–Crippen MR) is 122 cm³/mol. The SMILES string of the molecule is Cc1cc2c(cc1S(=O)(=O)N1CCCC(C(=O)N3CCc4ccccc4C3)C1)OCC(=O)N2. The number of nitrogens with one attached hydrogen (secondary N) is 1. The second-order valence-electron chi connectivity index (χ2n) is 8.93. The second kappa shape index (κ2) is 8.46. The Bertz CT molecular complexity index is 1230. The maximum atomic E-state index is 13.5. The van der Waals surface area contributed by atoms with Crippen LogP contribution in [-0.2, 0) is 32.6 Å². The molecule has 0 aliphatic carbocycles. The summed E-state index contributed by atoms with van der Waals surface area (Å²) in [4.78, 5) is 26.9. The lowest BCUT2D eigenvalue weighted by atomic mass is 9.95. The smallest absolute Gasteiger partial charge is 0.262 e. The van der Waals surface area contributed by atoms with Crippen molar-refractivity contribution in [1.29, 1.82) is 0 Å². The molecule has 0 saturated carbocycles. The molecule has 8 nitrogen and oxygen atoms in total. The Morgan fingerprint density at radius 3 is 2.76 bits per heavy atom. The van der Waals surface area contributed by atoms with Crippen LogP contribution in [0.1, 0.15) is 29.5 Å². The third-order valence-corrected chi connectivity index (χ3v) is 8.71. The molecular weight excluding hydrogens is 442 g/mol. The Kier molecular flexibility index (Phi) is 5.62. The zero-order valence-corrected chi connectivity index (χ0v) is 19.4. The van der Waals surface area contributed by atoms with Crippen LogP contribution in [-0.4, -0.2) is 55.7 Å². The molecule has 0 spiro atoms. The van der Waals surface area contributed by atoms with E-state index in [1.807, 2.05) is 17.0 Å². The van der Waals surface area contributed by atoms with Crippen molar-refractivity contribution in [1.82, 2.24) is 9.21 Å². The van der Waals surface area contributed by atoms with Gasteiger partial charge in [-0.15, -0.1) is 0 Å². The Hall–Kier alpha value is -2.91. The second-order valence-corrected chi connectivity index (χ2v) is 10.8. The maximum absolute atomic E-state index is 13.5. The van der Waals surface area contributed by atoms with Crippen molar-refractivity contribution in [2.75, 3.05) is 31.6 Å². The van der Waals surface area contributed by atoms with E-state index in [-0.39, 0.29) is 35.8 Å². The van der Waals surface area contributed by atoms with Crippen LogP contribution >= 0.6 is 0 Å². The molecule has 33 heavy (non-hydrogen) atoms. The van der Waals surface area contributed by atoms with E-state index in [2.05, 4.69) is 17.4 Å². The lowest BCUT2D eigenvalue weighted by Gasteiger charge is -2.36. The molecule has 2 aromatic carbocycles. The molecule has 3 aliphatic rings. The number of carbonyl (C=O) groups is 2. The van der Waals surface area contributed by atoms with Crippen molar-refractivity contribution < 1.29 is 22.7 Å². The highest BCUT2D eigenvalue weighted by atomic mass is 32.2. The highest BCUT2D eigenvalue weighted by Gasteiger charge is 2.37. The minimum Gasteiger partial charge on any atom is -0.482 e. The molecule has 1 atom stereocenters. The Morgan fingerprint density at radius 2 is 1.94 bits per heavy atom. The van der Waals surface area contributed by atoms with Crippen LogP contribution < -0.4 is 10.1 Å². The lowest BCUT2D eigenvalue weighted by Crippen LogP contribution is -2.47. The van der Waals surface area contributed by atoms with E-state index < -0.39 is 10.0 Å². The van der Waals surface area contributed by atoms with E-state index in [0.717, 1.165) is 12.0 Å². The monoisotopic (exact) mass is 469 g/mol. The number of ether oxygens (including phenoxy) is 1. The molecule has 3 aliphatic heterocycles. The first-order chi connectivity index (χ1) is 15.8. The van der Waals surface area contributed by atoms with Crippen molar-refractivity contribution >= 4 is 27.5 Å². The van der Waals surface area contributed by atoms with Gasteiger partial charge in [0.2, 0.25) is 15.9 Å².